The Morgan fingerprint density at radius 1 is 0.725 bits per heavy atom. The first-order chi connectivity index (χ1) is 19.5. The summed E-state index contributed by atoms with van der Waals surface area (Å²) in [5, 5.41) is 0. The van der Waals surface area contributed by atoms with Crippen LogP contribution in [0.1, 0.15) is 36.1 Å². The van der Waals surface area contributed by atoms with E-state index in [1.54, 1.807) is 6.92 Å². The molecule has 210 valence electrons. The van der Waals surface area contributed by atoms with Gasteiger partial charge in [0.2, 0.25) is 0 Å². The second-order valence-electron chi connectivity index (χ2n) is 10.5. The van der Waals surface area contributed by atoms with Gasteiger partial charge < -0.3 is 23.7 Å². The Morgan fingerprint density at radius 3 is 1.65 bits per heavy atom. The number of aryl methyl sites for hydroxylation is 1. The molecule has 7 heteroatoms. The standard InChI is InChI=1S/C19H20O4.C14H16O3/c1-5-16(20-10-18-12-22-18)6-2-14(1)9-15-3-7-17(8-4-15)21-11-19-13-23-19;1-3-10-6-4-5-7-11(10)8-12-9(2)13(15)17-14(12)16/h1-8,18-19H,9-13H2;4-7,9,12H,3,8H2,1-2H3. The molecule has 4 unspecified atom stereocenters. The number of epoxide rings is 2. The Bertz CT molecular complexity index is 1220. The van der Waals surface area contributed by atoms with E-state index in [-0.39, 0.29) is 17.8 Å². The van der Waals surface area contributed by atoms with Gasteiger partial charge in [0, 0.05) is 0 Å². The zero-order chi connectivity index (χ0) is 27.9. The van der Waals surface area contributed by atoms with Gasteiger partial charge in [0.05, 0.1) is 25.0 Å². The number of benzene rings is 3. The van der Waals surface area contributed by atoms with E-state index in [0.29, 0.717) is 31.8 Å². The van der Waals surface area contributed by atoms with Crippen molar-refractivity contribution in [2.24, 2.45) is 11.8 Å². The molecule has 0 spiro atoms. The third-order valence-corrected chi connectivity index (χ3v) is 7.35. The molecule has 7 nitrogen and oxygen atoms in total. The maximum absolute atomic E-state index is 11.6. The summed E-state index contributed by atoms with van der Waals surface area (Å²) in [6.07, 6.45) is 3.01. The molecule has 6 rings (SSSR count). The van der Waals surface area contributed by atoms with E-state index in [0.717, 1.165) is 43.1 Å². The van der Waals surface area contributed by atoms with Crippen LogP contribution in [0.2, 0.25) is 0 Å². The van der Waals surface area contributed by atoms with Crippen LogP contribution in [0.15, 0.2) is 72.8 Å². The van der Waals surface area contributed by atoms with E-state index >= 15 is 0 Å². The number of hydrogen-bond donors (Lipinski definition) is 0. The van der Waals surface area contributed by atoms with Crippen LogP contribution in [0, 0.1) is 11.8 Å². The largest absolute Gasteiger partial charge is 0.491 e. The summed E-state index contributed by atoms with van der Waals surface area (Å²) < 4.78 is 26.2. The van der Waals surface area contributed by atoms with Gasteiger partial charge in [0.1, 0.15) is 36.9 Å². The van der Waals surface area contributed by atoms with Crippen molar-refractivity contribution in [3.63, 3.8) is 0 Å². The highest BCUT2D eigenvalue weighted by molar-refractivity contribution is 5.96. The minimum absolute atomic E-state index is 0.293. The molecule has 0 aromatic heterocycles. The number of cyclic esters (lactones) is 2. The molecule has 3 fully saturated rings. The smallest absolute Gasteiger partial charge is 0.317 e. The summed E-state index contributed by atoms with van der Waals surface area (Å²) in [6.45, 7) is 6.78. The van der Waals surface area contributed by atoms with Gasteiger partial charge in [-0.15, -0.1) is 0 Å². The van der Waals surface area contributed by atoms with Crippen molar-refractivity contribution in [1.29, 1.82) is 0 Å². The van der Waals surface area contributed by atoms with Crippen molar-refractivity contribution in [2.75, 3.05) is 26.4 Å². The van der Waals surface area contributed by atoms with Gasteiger partial charge in [-0.1, -0.05) is 62.4 Å². The summed E-state index contributed by atoms with van der Waals surface area (Å²) in [6, 6.07) is 24.5. The third kappa shape index (κ3) is 7.93. The Hall–Kier alpha value is -3.68. The van der Waals surface area contributed by atoms with Crippen molar-refractivity contribution in [3.8, 4) is 11.5 Å². The van der Waals surface area contributed by atoms with Gasteiger partial charge in [0.15, 0.2) is 0 Å². The number of carbonyl (C=O) groups excluding carboxylic acids is 2. The molecule has 3 aliphatic heterocycles. The molecule has 4 atom stereocenters. The summed E-state index contributed by atoms with van der Waals surface area (Å²) in [7, 11) is 0. The summed E-state index contributed by atoms with van der Waals surface area (Å²) >= 11 is 0. The molecule has 0 amide bonds. The van der Waals surface area contributed by atoms with Gasteiger partial charge in [-0.3, -0.25) is 9.59 Å². The second kappa shape index (κ2) is 13.1. The Balaban J connectivity index is 0.000000170. The molecule has 3 aromatic rings. The van der Waals surface area contributed by atoms with Crippen molar-refractivity contribution < 1.29 is 33.3 Å². The van der Waals surface area contributed by atoms with E-state index in [9.17, 15) is 9.59 Å². The molecule has 40 heavy (non-hydrogen) atoms. The molecule has 0 bridgehead atoms. The molecule has 3 aliphatic rings. The van der Waals surface area contributed by atoms with Crippen molar-refractivity contribution >= 4 is 11.9 Å². The normalized spacial score (nSPS) is 22.6. The van der Waals surface area contributed by atoms with Crippen LogP contribution >= 0.6 is 0 Å². The molecule has 0 radical (unpaired) electrons. The van der Waals surface area contributed by atoms with Crippen LogP contribution in [0.25, 0.3) is 0 Å². The lowest BCUT2D eigenvalue weighted by Crippen LogP contribution is -2.18. The fraction of sp³-hybridized carbons (Fsp3) is 0.394. The third-order valence-electron chi connectivity index (χ3n) is 7.35. The van der Waals surface area contributed by atoms with E-state index < -0.39 is 5.97 Å². The lowest BCUT2D eigenvalue weighted by atomic mass is 9.88. The topological polar surface area (TPSA) is 86.9 Å². The second-order valence-corrected chi connectivity index (χ2v) is 10.5. The highest BCUT2D eigenvalue weighted by atomic mass is 16.6. The van der Waals surface area contributed by atoms with Crippen molar-refractivity contribution in [2.45, 2.75) is 45.3 Å². The highest BCUT2D eigenvalue weighted by Crippen LogP contribution is 2.28. The molecule has 3 saturated heterocycles. The minimum Gasteiger partial charge on any atom is -0.491 e. The number of carbonyl (C=O) groups is 2. The number of hydrogen-bond acceptors (Lipinski definition) is 7. The number of rotatable bonds is 11. The average molecular weight is 545 g/mol. The summed E-state index contributed by atoms with van der Waals surface area (Å²) in [5.74, 6) is 0.371. The predicted octanol–water partition coefficient (Wildman–Crippen LogP) is 4.96. The minimum atomic E-state index is -0.394. The fourth-order valence-corrected chi connectivity index (χ4v) is 4.58. The summed E-state index contributed by atoms with van der Waals surface area (Å²) in [4.78, 5) is 22.9. The molecule has 0 N–H and O–H groups in total. The van der Waals surface area contributed by atoms with E-state index in [2.05, 4.69) is 42.0 Å². The van der Waals surface area contributed by atoms with E-state index in [4.69, 9.17) is 18.9 Å². The van der Waals surface area contributed by atoms with Gasteiger partial charge in [0.25, 0.3) is 0 Å². The molecule has 3 aromatic carbocycles. The number of ether oxygens (including phenoxy) is 5. The monoisotopic (exact) mass is 544 g/mol. The molecule has 0 aliphatic carbocycles. The first-order valence-electron chi connectivity index (χ1n) is 14.0. The zero-order valence-electron chi connectivity index (χ0n) is 23.0. The van der Waals surface area contributed by atoms with Gasteiger partial charge >= 0.3 is 11.9 Å². The Kier molecular flexibility index (Phi) is 9.14. The van der Waals surface area contributed by atoms with Crippen LogP contribution < -0.4 is 9.47 Å². The maximum Gasteiger partial charge on any atom is 0.317 e. The quantitative estimate of drug-likeness (QED) is 0.192. The zero-order valence-corrected chi connectivity index (χ0v) is 23.0. The first-order valence-corrected chi connectivity index (χ1v) is 14.0. The van der Waals surface area contributed by atoms with E-state index in [1.165, 1.54) is 16.7 Å². The van der Waals surface area contributed by atoms with Gasteiger partial charge in [-0.05, 0) is 65.8 Å². The molecular weight excluding hydrogens is 508 g/mol. The van der Waals surface area contributed by atoms with E-state index in [1.807, 2.05) is 42.5 Å². The Morgan fingerprint density at radius 2 is 1.23 bits per heavy atom. The van der Waals surface area contributed by atoms with Gasteiger partial charge in [-0.25, -0.2) is 0 Å². The lowest BCUT2D eigenvalue weighted by molar-refractivity contribution is -0.153. The first kappa shape index (κ1) is 27.9. The predicted molar refractivity (Wildman–Crippen MR) is 149 cm³/mol. The van der Waals surface area contributed by atoms with Crippen LogP contribution in [-0.4, -0.2) is 50.6 Å². The highest BCUT2D eigenvalue weighted by Gasteiger charge is 2.41. The Labute approximate surface area is 235 Å². The fourth-order valence-electron chi connectivity index (χ4n) is 4.58. The molecule has 3 heterocycles. The lowest BCUT2D eigenvalue weighted by Gasteiger charge is -2.12. The van der Waals surface area contributed by atoms with Crippen molar-refractivity contribution in [1.82, 2.24) is 0 Å². The van der Waals surface area contributed by atoms with Crippen LogP contribution in [0.3, 0.4) is 0 Å². The van der Waals surface area contributed by atoms with Crippen LogP contribution in [-0.2, 0) is 43.1 Å². The molecular formula is C33H36O7. The average Bonchev–Trinajstić information content (AvgIpc) is 3.91. The maximum atomic E-state index is 11.6. The SMILES string of the molecule is CCc1ccccc1CC1C(=O)OC(=O)C1C.c1cc(OCC2CO2)ccc1Cc1ccc(OCC2CO2)cc1. The molecule has 0 saturated carbocycles. The number of esters is 2. The summed E-state index contributed by atoms with van der Waals surface area (Å²) in [5.41, 5.74) is 4.89. The van der Waals surface area contributed by atoms with Gasteiger partial charge in [-0.2, -0.15) is 0 Å². The van der Waals surface area contributed by atoms with Crippen LogP contribution in [0.5, 0.6) is 11.5 Å². The van der Waals surface area contributed by atoms with Crippen LogP contribution in [0.4, 0.5) is 0 Å². The van der Waals surface area contributed by atoms with Crippen molar-refractivity contribution in [3.05, 3.63) is 95.1 Å².